The highest BCUT2D eigenvalue weighted by Crippen LogP contribution is 2.25. The minimum Gasteiger partial charge on any atom is -0.331 e. The molecule has 0 spiro atoms. The summed E-state index contributed by atoms with van der Waals surface area (Å²) < 4.78 is 0. The standard InChI is InChI=1S/C15H25N5O/c1-2-6-13-17-14(19-18-13)15(21)20-10-4-3-8-12(20)11-7-5-9-16-11/h11-12,16H,2-10H2,1H3,(H,17,18,19). The minimum atomic E-state index is -0.00740. The summed E-state index contributed by atoms with van der Waals surface area (Å²) in [5.41, 5.74) is 0. The number of piperidine rings is 1. The lowest BCUT2D eigenvalue weighted by Crippen LogP contribution is -2.52. The van der Waals surface area contributed by atoms with Gasteiger partial charge in [-0.15, -0.1) is 5.10 Å². The Kier molecular flexibility index (Phi) is 4.53. The number of hydrogen-bond donors (Lipinski definition) is 2. The number of amides is 1. The van der Waals surface area contributed by atoms with E-state index in [1.54, 1.807) is 0 Å². The molecule has 0 aromatic carbocycles. The number of carbonyl (C=O) groups excluding carboxylic acids is 1. The van der Waals surface area contributed by atoms with Crippen LogP contribution in [0.5, 0.6) is 0 Å². The third kappa shape index (κ3) is 3.10. The molecule has 2 saturated heterocycles. The topological polar surface area (TPSA) is 73.9 Å². The summed E-state index contributed by atoms with van der Waals surface area (Å²) in [6.07, 6.45) is 7.61. The zero-order valence-corrected chi connectivity index (χ0v) is 12.8. The van der Waals surface area contributed by atoms with E-state index >= 15 is 0 Å². The molecule has 116 valence electrons. The van der Waals surface area contributed by atoms with Crippen LogP contribution in [0.15, 0.2) is 0 Å². The van der Waals surface area contributed by atoms with E-state index < -0.39 is 0 Å². The molecule has 6 nitrogen and oxygen atoms in total. The van der Waals surface area contributed by atoms with Crippen molar-refractivity contribution in [1.82, 2.24) is 25.4 Å². The van der Waals surface area contributed by atoms with E-state index in [1.165, 1.54) is 19.3 Å². The van der Waals surface area contributed by atoms with Gasteiger partial charge in [0, 0.05) is 25.0 Å². The molecule has 21 heavy (non-hydrogen) atoms. The smallest absolute Gasteiger partial charge is 0.293 e. The van der Waals surface area contributed by atoms with E-state index in [9.17, 15) is 4.79 Å². The lowest BCUT2D eigenvalue weighted by Gasteiger charge is -2.38. The van der Waals surface area contributed by atoms with Crippen molar-refractivity contribution < 1.29 is 4.79 Å². The molecule has 2 fully saturated rings. The monoisotopic (exact) mass is 291 g/mol. The van der Waals surface area contributed by atoms with E-state index in [1.807, 2.05) is 4.90 Å². The first-order valence-electron chi connectivity index (χ1n) is 8.25. The number of nitrogens with zero attached hydrogens (tertiary/aromatic N) is 3. The van der Waals surface area contributed by atoms with Gasteiger partial charge in [0.2, 0.25) is 5.82 Å². The van der Waals surface area contributed by atoms with Gasteiger partial charge in [-0.05, 0) is 45.1 Å². The van der Waals surface area contributed by atoms with Gasteiger partial charge in [-0.2, -0.15) is 0 Å². The second kappa shape index (κ2) is 6.56. The second-order valence-corrected chi connectivity index (χ2v) is 6.12. The average Bonchev–Trinajstić information content (AvgIpc) is 3.18. The van der Waals surface area contributed by atoms with Gasteiger partial charge >= 0.3 is 0 Å². The molecular formula is C15H25N5O. The van der Waals surface area contributed by atoms with Crippen LogP contribution in [0, 0.1) is 0 Å². The normalized spacial score (nSPS) is 26.2. The Labute approximate surface area is 125 Å². The number of aromatic nitrogens is 3. The first-order valence-corrected chi connectivity index (χ1v) is 8.25. The van der Waals surface area contributed by atoms with Crippen LogP contribution in [-0.2, 0) is 6.42 Å². The molecule has 1 aromatic rings. The number of hydrogen-bond acceptors (Lipinski definition) is 4. The molecule has 3 heterocycles. The summed E-state index contributed by atoms with van der Waals surface area (Å²) in [6.45, 7) is 4.00. The number of H-pyrrole nitrogens is 1. The number of carbonyl (C=O) groups is 1. The van der Waals surface area contributed by atoms with Crippen molar-refractivity contribution in [3.8, 4) is 0 Å². The maximum Gasteiger partial charge on any atom is 0.293 e. The Morgan fingerprint density at radius 3 is 3.00 bits per heavy atom. The highest BCUT2D eigenvalue weighted by Gasteiger charge is 2.35. The van der Waals surface area contributed by atoms with Crippen molar-refractivity contribution in [3.05, 3.63) is 11.6 Å². The van der Waals surface area contributed by atoms with E-state index in [2.05, 4.69) is 27.4 Å². The number of nitrogens with one attached hydrogen (secondary N) is 2. The number of aromatic amines is 1. The molecular weight excluding hydrogens is 266 g/mol. The van der Waals surface area contributed by atoms with E-state index in [0.29, 0.717) is 17.9 Å². The summed E-state index contributed by atoms with van der Waals surface area (Å²) in [6, 6.07) is 0.755. The van der Waals surface area contributed by atoms with Crippen LogP contribution in [0.2, 0.25) is 0 Å². The Morgan fingerprint density at radius 2 is 2.24 bits per heavy atom. The van der Waals surface area contributed by atoms with Crippen LogP contribution in [-0.4, -0.2) is 51.2 Å². The molecule has 2 N–H and O–H groups in total. The van der Waals surface area contributed by atoms with Crippen LogP contribution >= 0.6 is 0 Å². The zero-order chi connectivity index (χ0) is 14.7. The first kappa shape index (κ1) is 14.5. The van der Waals surface area contributed by atoms with Crippen LogP contribution in [0.25, 0.3) is 0 Å². The molecule has 1 aromatic heterocycles. The van der Waals surface area contributed by atoms with Crippen molar-refractivity contribution >= 4 is 5.91 Å². The predicted octanol–water partition coefficient (Wildman–Crippen LogP) is 1.50. The molecule has 0 aliphatic carbocycles. The summed E-state index contributed by atoms with van der Waals surface area (Å²) in [5.74, 6) is 1.14. The van der Waals surface area contributed by atoms with Gasteiger partial charge in [-0.25, -0.2) is 4.98 Å². The SMILES string of the molecule is CCCc1nc(C(=O)N2CCCCC2C2CCCN2)n[nH]1. The molecule has 1 amide bonds. The predicted molar refractivity (Wildman–Crippen MR) is 80.1 cm³/mol. The molecule has 2 aliphatic rings. The van der Waals surface area contributed by atoms with Crippen molar-refractivity contribution in [2.75, 3.05) is 13.1 Å². The van der Waals surface area contributed by atoms with Crippen molar-refractivity contribution in [2.24, 2.45) is 0 Å². The molecule has 2 atom stereocenters. The Hall–Kier alpha value is -1.43. The van der Waals surface area contributed by atoms with Gasteiger partial charge in [0.05, 0.1) is 0 Å². The van der Waals surface area contributed by atoms with Gasteiger partial charge < -0.3 is 10.2 Å². The third-order valence-electron chi connectivity index (χ3n) is 4.58. The molecule has 2 aliphatic heterocycles. The van der Waals surface area contributed by atoms with Crippen molar-refractivity contribution in [2.45, 2.75) is 64.0 Å². The molecule has 6 heteroatoms. The summed E-state index contributed by atoms with van der Waals surface area (Å²) in [4.78, 5) is 19.1. The first-order chi connectivity index (χ1) is 10.3. The molecule has 3 rings (SSSR count). The number of likely N-dealkylation sites (tertiary alicyclic amines) is 1. The second-order valence-electron chi connectivity index (χ2n) is 6.12. The summed E-state index contributed by atoms with van der Waals surface area (Å²) in [5, 5.41) is 10.6. The zero-order valence-electron chi connectivity index (χ0n) is 12.8. The fraction of sp³-hybridized carbons (Fsp3) is 0.800. The molecule has 0 radical (unpaired) electrons. The summed E-state index contributed by atoms with van der Waals surface area (Å²) in [7, 11) is 0. The van der Waals surface area contributed by atoms with Gasteiger partial charge in [0.15, 0.2) is 0 Å². The van der Waals surface area contributed by atoms with Crippen LogP contribution in [0.1, 0.15) is 61.9 Å². The Morgan fingerprint density at radius 1 is 1.33 bits per heavy atom. The third-order valence-corrected chi connectivity index (χ3v) is 4.58. The van der Waals surface area contributed by atoms with Gasteiger partial charge in [-0.3, -0.25) is 9.89 Å². The minimum absolute atomic E-state index is 0.00740. The quantitative estimate of drug-likeness (QED) is 0.882. The summed E-state index contributed by atoms with van der Waals surface area (Å²) >= 11 is 0. The Bertz CT molecular complexity index is 480. The number of rotatable bonds is 4. The van der Waals surface area contributed by atoms with E-state index in [4.69, 9.17) is 0 Å². The fourth-order valence-corrected chi connectivity index (χ4v) is 3.54. The van der Waals surface area contributed by atoms with Gasteiger partial charge in [-0.1, -0.05) is 6.92 Å². The van der Waals surface area contributed by atoms with Gasteiger partial charge in [0.1, 0.15) is 5.82 Å². The van der Waals surface area contributed by atoms with Gasteiger partial charge in [0.25, 0.3) is 5.91 Å². The van der Waals surface area contributed by atoms with E-state index in [-0.39, 0.29) is 5.91 Å². The highest BCUT2D eigenvalue weighted by molar-refractivity contribution is 5.90. The molecule has 0 saturated carbocycles. The maximum absolute atomic E-state index is 12.7. The highest BCUT2D eigenvalue weighted by atomic mass is 16.2. The lowest BCUT2D eigenvalue weighted by molar-refractivity contribution is 0.0551. The van der Waals surface area contributed by atoms with Crippen LogP contribution < -0.4 is 5.32 Å². The van der Waals surface area contributed by atoms with Crippen LogP contribution in [0.3, 0.4) is 0 Å². The largest absolute Gasteiger partial charge is 0.331 e. The lowest BCUT2D eigenvalue weighted by atomic mass is 9.94. The molecule has 0 bridgehead atoms. The fourth-order valence-electron chi connectivity index (χ4n) is 3.54. The average molecular weight is 291 g/mol. The van der Waals surface area contributed by atoms with Crippen molar-refractivity contribution in [3.63, 3.8) is 0 Å². The Balaban J connectivity index is 1.73. The van der Waals surface area contributed by atoms with E-state index in [0.717, 1.165) is 44.6 Å². The molecule has 2 unspecified atom stereocenters. The van der Waals surface area contributed by atoms with Crippen LogP contribution in [0.4, 0.5) is 0 Å². The van der Waals surface area contributed by atoms with Crippen molar-refractivity contribution in [1.29, 1.82) is 0 Å². The number of aryl methyl sites for hydroxylation is 1. The maximum atomic E-state index is 12.7.